The Kier molecular flexibility index (Phi) is 5.43. The smallest absolute Gasteiger partial charge is 0.307 e. The Labute approximate surface area is 110 Å². The number of aromatic nitrogens is 2. The van der Waals surface area contributed by atoms with Crippen LogP contribution >= 0.6 is 0 Å². The van der Waals surface area contributed by atoms with Crippen molar-refractivity contribution in [1.29, 1.82) is 0 Å². The minimum Gasteiger partial charge on any atom is -0.391 e. The lowest BCUT2D eigenvalue weighted by Gasteiger charge is -2.13. The second-order valence-electron chi connectivity index (χ2n) is 4.74. The maximum absolute atomic E-state index is 11.5. The van der Waals surface area contributed by atoms with Crippen molar-refractivity contribution < 1.29 is 14.8 Å². The van der Waals surface area contributed by atoms with Gasteiger partial charge < -0.3 is 10.4 Å². The van der Waals surface area contributed by atoms with Gasteiger partial charge in [0, 0.05) is 6.54 Å². The van der Waals surface area contributed by atoms with Gasteiger partial charge in [0.05, 0.1) is 11.0 Å². The first kappa shape index (κ1) is 15.1. The monoisotopic (exact) mass is 270 g/mol. The summed E-state index contributed by atoms with van der Waals surface area (Å²) in [6.07, 6.45) is 2.29. The second-order valence-corrected chi connectivity index (χ2v) is 4.74. The number of rotatable bonds is 7. The van der Waals surface area contributed by atoms with Crippen molar-refractivity contribution in [2.45, 2.75) is 32.9 Å². The molecule has 2 N–H and O–H groups in total. The minimum absolute atomic E-state index is 0.109. The van der Waals surface area contributed by atoms with Crippen LogP contribution in [0.15, 0.2) is 12.4 Å². The van der Waals surface area contributed by atoms with Gasteiger partial charge in [-0.2, -0.15) is 5.10 Å². The van der Waals surface area contributed by atoms with Gasteiger partial charge >= 0.3 is 5.69 Å². The summed E-state index contributed by atoms with van der Waals surface area (Å²) >= 11 is 0. The topological polar surface area (TPSA) is 110 Å². The van der Waals surface area contributed by atoms with Crippen molar-refractivity contribution in [3.05, 3.63) is 22.5 Å². The van der Waals surface area contributed by atoms with E-state index >= 15 is 0 Å². The van der Waals surface area contributed by atoms with Gasteiger partial charge in [-0.1, -0.05) is 13.8 Å². The molecule has 0 aliphatic heterocycles. The molecule has 1 rings (SSSR count). The maximum atomic E-state index is 11.5. The van der Waals surface area contributed by atoms with Crippen molar-refractivity contribution in [3.8, 4) is 0 Å². The lowest BCUT2D eigenvalue weighted by atomic mass is 10.1. The Bertz CT molecular complexity index is 444. The number of amides is 1. The third kappa shape index (κ3) is 5.47. The quantitative estimate of drug-likeness (QED) is 0.547. The van der Waals surface area contributed by atoms with Crippen LogP contribution < -0.4 is 5.32 Å². The molecule has 8 heteroatoms. The molecule has 1 aromatic heterocycles. The van der Waals surface area contributed by atoms with Gasteiger partial charge in [0.1, 0.15) is 18.9 Å². The Balaban J connectivity index is 2.36. The summed E-state index contributed by atoms with van der Waals surface area (Å²) in [5, 5.41) is 26.3. The zero-order valence-corrected chi connectivity index (χ0v) is 10.9. The van der Waals surface area contributed by atoms with Gasteiger partial charge in [-0.3, -0.25) is 19.6 Å². The number of aliphatic hydroxyl groups is 1. The molecule has 0 fully saturated rings. The zero-order chi connectivity index (χ0) is 14.4. The van der Waals surface area contributed by atoms with Crippen LogP contribution in [0.1, 0.15) is 20.3 Å². The van der Waals surface area contributed by atoms with E-state index in [-0.39, 0.29) is 24.7 Å². The molecule has 1 heterocycles. The molecule has 0 aliphatic carbocycles. The number of hydrogen-bond acceptors (Lipinski definition) is 5. The van der Waals surface area contributed by atoms with E-state index in [9.17, 15) is 20.0 Å². The molecular weight excluding hydrogens is 252 g/mol. The van der Waals surface area contributed by atoms with Crippen LogP contribution in [0, 0.1) is 16.0 Å². The lowest BCUT2D eigenvalue weighted by Crippen LogP contribution is -2.35. The molecule has 0 spiro atoms. The van der Waals surface area contributed by atoms with Gasteiger partial charge in [-0.25, -0.2) is 0 Å². The molecule has 0 aliphatic rings. The molecule has 0 saturated carbocycles. The molecule has 0 saturated heterocycles. The Hall–Kier alpha value is -1.96. The third-order valence-corrected chi connectivity index (χ3v) is 2.41. The van der Waals surface area contributed by atoms with Crippen molar-refractivity contribution in [2.24, 2.45) is 5.92 Å². The molecule has 0 radical (unpaired) electrons. The van der Waals surface area contributed by atoms with Crippen molar-refractivity contribution >= 4 is 11.6 Å². The SMILES string of the molecule is CC(C)CC(O)CNC(=O)Cn1cc([N+](=O)[O-])cn1. The fourth-order valence-corrected chi connectivity index (χ4v) is 1.60. The van der Waals surface area contributed by atoms with E-state index in [1.807, 2.05) is 13.8 Å². The van der Waals surface area contributed by atoms with Crippen LogP contribution in [-0.4, -0.2) is 38.4 Å². The predicted molar refractivity (Wildman–Crippen MR) is 67.4 cm³/mol. The van der Waals surface area contributed by atoms with Crippen LogP contribution in [0.3, 0.4) is 0 Å². The average Bonchev–Trinajstić information content (AvgIpc) is 2.74. The number of hydrogen-bond donors (Lipinski definition) is 2. The molecule has 0 bridgehead atoms. The van der Waals surface area contributed by atoms with E-state index in [4.69, 9.17) is 0 Å². The molecule has 1 atom stereocenters. The van der Waals surface area contributed by atoms with Crippen molar-refractivity contribution in [2.75, 3.05) is 6.54 Å². The number of carbonyl (C=O) groups excluding carboxylic acids is 1. The highest BCUT2D eigenvalue weighted by molar-refractivity contribution is 5.75. The summed E-state index contributed by atoms with van der Waals surface area (Å²) in [6.45, 7) is 4.02. The number of carbonyl (C=O) groups is 1. The Morgan fingerprint density at radius 2 is 2.32 bits per heavy atom. The standard InChI is InChI=1S/C11H18N4O4/c1-8(2)3-10(16)5-12-11(17)7-14-6-9(4-13-14)15(18)19/h4,6,8,10,16H,3,5,7H2,1-2H3,(H,12,17). The van der Waals surface area contributed by atoms with Crippen molar-refractivity contribution in [1.82, 2.24) is 15.1 Å². The zero-order valence-electron chi connectivity index (χ0n) is 10.9. The Morgan fingerprint density at radius 3 is 2.84 bits per heavy atom. The minimum atomic E-state index is -0.587. The number of nitro groups is 1. The molecule has 8 nitrogen and oxygen atoms in total. The molecule has 1 amide bonds. The van der Waals surface area contributed by atoms with E-state index in [0.29, 0.717) is 12.3 Å². The van der Waals surface area contributed by atoms with E-state index in [0.717, 1.165) is 6.20 Å². The first-order valence-corrected chi connectivity index (χ1v) is 6.00. The largest absolute Gasteiger partial charge is 0.391 e. The summed E-state index contributed by atoms with van der Waals surface area (Å²) in [4.78, 5) is 21.4. The van der Waals surface area contributed by atoms with Crippen molar-refractivity contribution in [3.63, 3.8) is 0 Å². The number of nitrogens with one attached hydrogen (secondary N) is 1. The van der Waals surface area contributed by atoms with Crippen LogP contribution in [-0.2, 0) is 11.3 Å². The van der Waals surface area contributed by atoms with E-state index in [2.05, 4.69) is 10.4 Å². The highest BCUT2D eigenvalue weighted by Gasteiger charge is 2.12. The highest BCUT2D eigenvalue weighted by atomic mass is 16.6. The predicted octanol–water partition coefficient (Wildman–Crippen LogP) is 0.314. The van der Waals surface area contributed by atoms with Gasteiger partial charge in [0.25, 0.3) is 0 Å². The summed E-state index contributed by atoms with van der Waals surface area (Å²) < 4.78 is 1.18. The molecule has 106 valence electrons. The molecular formula is C11H18N4O4. The first-order chi connectivity index (χ1) is 8.88. The highest BCUT2D eigenvalue weighted by Crippen LogP contribution is 2.07. The molecule has 19 heavy (non-hydrogen) atoms. The van der Waals surface area contributed by atoms with Gasteiger partial charge in [0.15, 0.2) is 0 Å². The number of aliphatic hydroxyl groups excluding tert-OH is 1. The summed E-state index contributed by atoms with van der Waals surface area (Å²) in [7, 11) is 0. The second kappa shape index (κ2) is 6.83. The van der Waals surface area contributed by atoms with Crippen LogP contribution in [0.25, 0.3) is 0 Å². The van der Waals surface area contributed by atoms with Gasteiger partial charge in [-0.15, -0.1) is 0 Å². The average molecular weight is 270 g/mol. The fourth-order valence-electron chi connectivity index (χ4n) is 1.60. The maximum Gasteiger partial charge on any atom is 0.307 e. The van der Waals surface area contributed by atoms with Gasteiger partial charge in [-0.05, 0) is 12.3 Å². The van der Waals surface area contributed by atoms with Gasteiger partial charge in [0.2, 0.25) is 5.91 Å². The fraction of sp³-hybridized carbons (Fsp3) is 0.636. The van der Waals surface area contributed by atoms with E-state index in [1.165, 1.54) is 10.9 Å². The first-order valence-electron chi connectivity index (χ1n) is 6.00. The van der Waals surface area contributed by atoms with Crippen LogP contribution in [0.2, 0.25) is 0 Å². The molecule has 0 aromatic carbocycles. The van der Waals surface area contributed by atoms with E-state index < -0.39 is 11.0 Å². The molecule has 1 unspecified atom stereocenters. The van der Waals surface area contributed by atoms with E-state index in [1.54, 1.807) is 0 Å². The lowest BCUT2D eigenvalue weighted by molar-refractivity contribution is -0.385. The normalized spacial score (nSPS) is 12.4. The summed E-state index contributed by atoms with van der Waals surface area (Å²) in [5.41, 5.74) is -0.160. The van der Waals surface area contributed by atoms with Crippen LogP contribution in [0.5, 0.6) is 0 Å². The summed E-state index contributed by atoms with van der Waals surface area (Å²) in [5.74, 6) is 0.00136. The van der Waals surface area contributed by atoms with Crippen LogP contribution in [0.4, 0.5) is 5.69 Å². The number of nitrogens with zero attached hydrogens (tertiary/aromatic N) is 3. The third-order valence-electron chi connectivity index (χ3n) is 2.41. The molecule has 1 aromatic rings. The summed E-state index contributed by atoms with van der Waals surface area (Å²) in [6, 6.07) is 0. The Morgan fingerprint density at radius 1 is 1.63 bits per heavy atom.